The van der Waals surface area contributed by atoms with E-state index in [4.69, 9.17) is 4.74 Å². The van der Waals surface area contributed by atoms with E-state index in [1.807, 2.05) is 36.4 Å². The molecular weight excluding hydrogens is 404 g/mol. The second-order valence-electron chi connectivity index (χ2n) is 6.45. The highest BCUT2D eigenvalue weighted by Crippen LogP contribution is 2.28. The van der Waals surface area contributed by atoms with Crippen LogP contribution in [0, 0.1) is 0 Å². The number of hydrogen-bond donors (Lipinski definition) is 3. The Morgan fingerprint density at radius 3 is 2.57 bits per heavy atom. The molecule has 0 bridgehead atoms. The number of nitrogens with zero attached hydrogens (tertiary/aromatic N) is 1. The number of amides is 3. The minimum atomic E-state index is -0.528. The number of esters is 1. The number of ether oxygens (including phenoxy) is 1. The van der Waals surface area contributed by atoms with Crippen molar-refractivity contribution in [1.82, 2.24) is 10.3 Å². The predicted octanol–water partition coefficient (Wildman–Crippen LogP) is 4.07. The first-order chi connectivity index (χ1) is 14.4. The molecule has 3 amide bonds. The fourth-order valence-electron chi connectivity index (χ4n) is 2.86. The number of anilines is 2. The second-order valence-corrected chi connectivity index (χ2v) is 7.48. The van der Waals surface area contributed by atoms with Crippen molar-refractivity contribution in [3.8, 4) is 0 Å². The van der Waals surface area contributed by atoms with E-state index >= 15 is 0 Å². The minimum Gasteiger partial charge on any atom is -0.466 e. The van der Waals surface area contributed by atoms with Crippen molar-refractivity contribution in [2.75, 3.05) is 17.2 Å². The third-order valence-corrected chi connectivity index (χ3v) is 5.06. The van der Waals surface area contributed by atoms with Crippen LogP contribution in [0.2, 0.25) is 0 Å². The molecule has 0 spiro atoms. The van der Waals surface area contributed by atoms with Gasteiger partial charge in [0.2, 0.25) is 5.91 Å². The van der Waals surface area contributed by atoms with E-state index in [0.29, 0.717) is 16.3 Å². The maximum atomic E-state index is 12.6. The van der Waals surface area contributed by atoms with Crippen LogP contribution in [-0.2, 0) is 14.3 Å². The summed E-state index contributed by atoms with van der Waals surface area (Å²) in [6.45, 7) is 3.44. The van der Waals surface area contributed by atoms with E-state index in [1.165, 1.54) is 18.3 Å². The molecule has 0 aliphatic carbocycles. The number of urea groups is 1. The summed E-state index contributed by atoms with van der Waals surface area (Å²) in [5, 5.41) is 8.74. The molecular formula is C21H22N4O4S. The summed E-state index contributed by atoms with van der Waals surface area (Å²) in [6.07, 6.45) is 0.0243. The summed E-state index contributed by atoms with van der Waals surface area (Å²) in [5.41, 5.74) is 2.01. The molecule has 0 radical (unpaired) electrons. The van der Waals surface area contributed by atoms with Crippen LogP contribution in [0.25, 0.3) is 10.2 Å². The summed E-state index contributed by atoms with van der Waals surface area (Å²) >= 11 is 1.35. The molecule has 0 saturated carbocycles. The van der Waals surface area contributed by atoms with E-state index < -0.39 is 12.1 Å². The molecule has 1 aromatic heterocycles. The van der Waals surface area contributed by atoms with E-state index in [0.717, 1.165) is 10.3 Å². The van der Waals surface area contributed by atoms with Crippen molar-refractivity contribution in [2.24, 2.45) is 0 Å². The SMILES string of the molecule is CCOC(=O)C[C@H](NC(=O)Nc1ccc2sc(NC(C)=O)nc2c1)c1ccccc1. The average molecular weight is 426 g/mol. The largest absolute Gasteiger partial charge is 0.466 e. The Balaban J connectivity index is 1.71. The summed E-state index contributed by atoms with van der Waals surface area (Å²) in [6, 6.07) is 13.5. The quantitative estimate of drug-likeness (QED) is 0.494. The van der Waals surface area contributed by atoms with Crippen LogP contribution < -0.4 is 16.0 Å². The van der Waals surface area contributed by atoms with Crippen LogP contribution >= 0.6 is 11.3 Å². The van der Waals surface area contributed by atoms with Gasteiger partial charge < -0.3 is 20.7 Å². The van der Waals surface area contributed by atoms with E-state index in [9.17, 15) is 14.4 Å². The maximum absolute atomic E-state index is 12.6. The molecule has 9 heteroatoms. The Bertz CT molecular complexity index is 1050. The standard InChI is InChI=1S/C21H22N4O4S/c1-3-29-19(27)12-16(14-7-5-4-6-8-14)24-20(28)23-15-9-10-18-17(11-15)25-21(30-18)22-13(2)26/h4-11,16H,3,12H2,1-2H3,(H,22,25,26)(H2,23,24,28)/t16-/m0/s1. The molecule has 3 N–H and O–H groups in total. The molecule has 2 aromatic carbocycles. The lowest BCUT2D eigenvalue weighted by atomic mass is 10.0. The van der Waals surface area contributed by atoms with Crippen LogP contribution in [-0.4, -0.2) is 29.5 Å². The van der Waals surface area contributed by atoms with Gasteiger partial charge in [0.25, 0.3) is 0 Å². The number of benzene rings is 2. The summed E-state index contributed by atoms with van der Waals surface area (Å²) in [5.74, 6) is -0.582. The number of nitrogens with one attached hydrogen (secondary N) is 3. The number of hydrogen-bond acceptors (Lipinski definition) is 6. The lowest BCUT2D eigenvalue weighted by molar-refractivity contribution is -0.143. The molecule has 0 fully saturated rings. The number of aromatic nitrogens is 1. The first kappa shape index (κ1) is 21.3. The Hall–Kier alpha value is -3.46. The van der Waals surface area contributed by atoms with Crippen LogP contribution in [0.1, 0.15) is 31.9 Å². The fraction of sp³-hybridized carbons (Fsp3) is 0.238. The molecule has 1 heterocycles. The van der Waals surface area contributed by atoms with Crippen LogP contribution in [0.3, 0.4) is 0 Å². The average Bonchev–Trinajstić information content (AvgIpc) is 3.09. The number of carbonyl (C=O) groups excluding carboxylic acids is 3. The van der Waals surface area contributed by atoms with Gasteiger partial charge in [0.05, 0.1) is 29.3 Å². The highest BCUT2D eigenvalue weighted by atomic mass is 32.1. The van der Waals surface area contributed by atoms with Crippen molar-refractivity contribution in [1.29, 1.82) is 0 Å². The number of fused-ring (bicyclic) bond motifs is 1. The molecule has 3 rings (SSSR count). The van der Waals surface area contributed by atoms with E-state index in [1.54, 1.807) is 19.1 Å². The van der Waals surface area contributed by atoms with Crippen LogP contribution in [0.15, 0.2) is 48.5 Å². The molecule has 0 aliphatic rings. The highest BCUT2D eigenvalue weighted by molar-refractivity contribution is 7.22. The number of thiazole rings is 1. The second kappa shape index (κ2) is 9.84. The molecule has 0 unspecified atom stereocenters. The van der Waals surface area contributed by atoms with Gasteiger partial charge in [0, 0.05) is 12.6 Å². The smallest absolute Gasteiger partial charge is 0.319 e. The third-order valence-electron chi connectivity index (χ3n) is 4.11. The third kappa shape index (κ3) is 5.77. The van der Waals surface area contributed by atoms with Gasteiger partial charge in [-0.15, -0.1) is 0 Å². The highest BCUT2D eigenvalue weighted by Gasteiger charge is 2.19. The fourth-order valence-corrected chi connectivity index (χ4v) is 3.75. The van der Waals surface area contributed by atoms with E-state index in [2.05, 4.69) is 20.9 Å². The Labute approximate surface area is 177 Å². The summed E-state index contributed by atoms with van der Waals surface area (Å²) in [7, 11) is 0. The first-order valence-corrected chi connectivity index (χ1v) is 10.2. The molecule has 0 aliphatic heterocycles. The van der Waals surface area contributed by atoms with Gasteiger partial charge in [-0.2, -0.15) is 0 Å². The zero-order chi connectivity index (χ0) is 21.5. The molecule has 8 nitrogen and oxygen atoms in total. The summed E-state index contributed by atoms with van der Waals surface area (Å²) in [4.78, 5) is 40.1. The topological polar surface area (TPSA) is 109 Å². The summed E-state index contributed by atoms with van der Waals surface area (Å²) < 4.78 is 5.91. The predicted molar refractivity (Wildman–Crippen MR) is 117 cm³/mol. The van der Waals surface area contributed by atoms with Gasteiger partial charge in [0.1, 0.15) is 0 Å². The van der Waals surface area contributed by atoms with Gasteiger partial charge in [0.15, 0.2) is 5.13 Å². The maximum Gasteiger partial charge on any atom is 0.319 e. The van der Waals surface area contributed by atoms with E-state index in [-0.39, 0.29) is 24.9 Å². The van der Waals surface area contributed by atoms with Crippen LogP contribution in [0.5, 0.6) is 0 Å². The zero-order valence-corrected chi connectivity index (χ0v) is 17.4. The number of rotatable bonds is 7. The minimum absolute atomic E-state index is 0.0243. The Morgan fingerprint density at radius 2 is 1.87 bits per heavy atom. The molecule has 1 atom stereocenters. The molecule has 3 aromatic rings. The van der Waals surface area contributed by atoms with Gasteiger partial charge in [-0.25, -0.2) is 9.78 Å². The van der Waals surface area contributed by atoms with Crippen molar-refractivity contribution >= 4 is 50.3 Å². The van der Waals surface area contributed by atoms with Crippen molar-refractivity contribution in [2.45, 2.75) is 26.3 Å². The Kier molecular flexibility index (Phi) is 6.97. The lowest BCUT2D eigenvalue weighted by Crippen LogP contribution is -2.34. The van der Waals surface area contributed by atoms with Gasteiger partial charge >= 0.3 is 12.0 Å². The zero-order valence-electron chi connectivity index (χ0n) is 16.6. The van der Waals surface area contributed by atoms with Crippen molar-refractivity contribution in [3.05, 3.63) is 54.1 Å². The van der Waals surface area contributed by atoms with Crippen molar-refractivity contribution in [3.63, 3.8) is 0 Å². The first-order valence-electron chi connectivity index (χ1n) is 9.41. The normalized spacial score (nSPS) is 11.5. The molecule has 156 valence electrons. The van der Waals surface area contributed by atoms with Crippen molar-refractivity contribution < 1.29 is 19.1 Å². The molecule has 30 heavy (non-hydrogen) atoms. The van der Waals surface area contributed by atoms with Crippen LogP contribution in [0.4, 0.5) is 15.6 Å². The Morgan fingerprint density at radius 1 is 1.10 bits per heavy atom. The van der Waals surface area contributed by atoms with Gasteiger partial charge in [-0.3, -0.25) is 9.59 Å². The molecule has 0 saturated heterocycles. The van der Waals surface area contributed by atoms with Gasteiger partial charge in [-0.1, -0.05) is 41.7 Å². The monoisotopic (exact) mass is 426 g/mol. The number of carbonyl (C=O) groups is 3. The lowest BCUT2D eigenvalue weighted by Gasteiger charge is -2.19. The van der Waals surface area contributed by atoms with Gasteiger partial charge in [-0.05, 0) is 30.7 Å².